The van der Waals surface area contributed by atoms with E-state index in [4.69, 9.17) is 9.47 Å². The summed E-state index contributed by atoms with van der Waals surface area (Å²) in [6.45, 7) is 3.78. The predicted octanol–water partition coefficient (Wildman–Crippen LogP) is 3.32. The van der Waals surface area contributed by atoms with Crippen LogP contribution in [0.4, 0.5) is 11.4 Å². The molecule has 0 aromatic heterocycles. The van der Waals surface area contributed by atoms with Crippen molar-refractivity contribution < 1.29 is 19.2 Å². The first-order valence-corrected chi connectivity index (χ1v) is 7.40. The van der Waals surface area contributed by atoms with Gasteiger partial charge in [-0.05, 0) is 37.6 Å². The molecule has 24 heavy (non-hydrogen) atoms. The van der Waals surface area contributed by atoms with Crippen molar-refractivity contribution in [2.24, 2.45) is 0 Å². The van der Waals surface area contributed by atoms with Gasteiger partial charge in [0.1, 0.15) is 5.69 Å². The summed E-state index contributed by atoms with van der Waals surface area (Å²) in [5.41, 5.74) is 0.719. The van der Waals surface area contributed by atoms with Crippen LogP contribution in [-0.4, -0.2) is 24.0 Å². The number of anilines is 1. The molecule has 0 spiro atoms. The first kappa shape index (κ1) is 17.3. The van der Waals surface area contributed by atoms with Crippen LogP contribution in [-0.2, 0) is 4.79 Å². The minimum Gasteiger partial charge on any atom is -0.490 e. The molecule has 0 radical (unpaired) electrons. The molecule has 1 N–H and O–H groups in total. The summed E-state index contributed by atoms with van der Waals surface area (Å²) in [6.07, 6.45) is 0. The number of nitrogens with one attached hydrogen (secondary N) is 1. The second-order valence-electron chi connectivity index (χ2n) is 4.99. The molecule has 0 aliphatic rings. The molecular formula is C17H18N2O5. The zero-order valence-corrected chi connectivity index (χ0v) is 13.4. The fraction of sp³-hybridized carbons (Fsp3) is 0.235. The van der Waals surface area contributed by atoms with E-state index in [0.717, 1.165) is 5.56 Å². The lowest BCUT2D eigenvalue weighted by molar-refractivity contribution is -0.384. The summed E-state index contributed by atoms with van der Waals surface area (Å²) < 4.78 is 10.8. The molecule has 0 saturated heterocycles. The van der Waals surface area contributed by atoms with Gasteiger partial charge in [-0.2, -0.15) is 0 Å². The molecule has 1 amide bonds. The van der Waals surface area contributed by atoms with Crippen LogP contribution in [0.15, 0.2) is 42.5 Å². The Hall–Kier alpha value is -3.09. The van der Waals surface area contributed by atoms with Crippen LogP contribution in [0, 0.1) is 17.0 Å². The minimum absolute atomic E-state index is 0.136. The van der Waals surface area contributed by atoms with E-state index in [1.807, 2.05) is 6.92 Å². The Labute approximate surface area is 139 Å². The Morgan fingerprint density at radius 1 is 1.17 bits per heavy atom. The van der Waals surface area contributed by atoms with Crippen molar-refractivity contribution in [2.45, 2.75) is 13.8 Å². The van der Waals surface area contributed by atoms with E-state index >= 15 is 0 Å². The van der Waals surface area contributed by atoms with Crippen LogP contribution in [0.25, 0.3) is 0 Å². The van der Waals surface area contributed by atoms with Crippen molar-refractivity contribution in [1.29, 1.82) is 0 Å². The van der Waals surface area contributed by atoms with Crippen molar-refractivity contribution in [3.8, 4) is 11.5 Å². The topological polar surface area (TPSA) is 90.7 Å². The maximum absolute atomic E-state index is 12.0. The van der Waals surface area contributed by atoms with Gasteiger partial charge in [0.15, 0.2) is 18.1 Å². The lowest BCUT2D eigenvalue weighted by atomic mass is 10.2. The van der Waals surface area contributed by atoms with Gasteiger partial charge in [0, 0.05) is 6.07 Å². The Bertz CT molecular complexity index is 746. The standard InChI is InChI=1S/C17H18N2O5/c1-3-23-15-6-4-5-7-16(15)24-11-17(20)18-13-9-8-12(2)10-14(13)19(21)22/h4-10H,3,11H2,1-2H3,(H,18,20). The Morgan fingerprint density at radius 3 is 2.46 bits per heavy atom. The van der Waals surface area contributed by atoms with Gasteiger partial charge in [-0.1, -0.05) is 18.2 Å². The first-order chi connectivity index (χ1) is 11.5. The summed E-state index contributed by atoms with van der Waals surface area (Å²) in [4.78, 5) is 22.5. The number of carbonyl (C=O) groups excluding carboxylic acids is 1. The number of amides is 1. The van der Waals surface area contributed by atoms with Crippen molar-refractivity contribution in [1.82, 2.24) is 0 Å². The maximum Gasteiger partial charge on any atom is 0.293 e. The number of benzene rings is 2. The van der Waals surface area contributed by atoms with Crippen LogP contribution in [0.2, 0.25) is 0 Å². The van der Waals surface area contributed by atoms with Gasteiger partial charge in [-0.15, -0.1) is 0 Å². The number of nitro groups is 1. The molecule has 0 aliphatic heterocycles. The molecule has 2 aromatic carbocycles. The molecule has 7 nitrogen and oxygen atoms in total. The molecule has 0 heterocycles. The fourth-order valence-corrected chi connectivity index (χ4v) is 2.07. The van der Waals surface area contributed by atoms with Crippen LogP contribution >= 0.6 is 0 Å². The largest absolute Gasteiger partial charge is 0.490 e. The molecule has 2 aromatic rings. The molecule has 0 bridgehead atoms. The van der Waals surface area contributed by atoms with Crippen LogP contribution in [0.5, 0.6) is 11.5 Å². The highest BCUT2D eigenvalue weighted by atomic mass is 16.6. The normalized spacial score (nSPS) is 10.1. The van der Waals surface area contributed by atoms with Crippen molar-refractivity contribution in [3.63, 3.8) is 0 Å². The number of aryl methyl sites for hydroxylation is 1. The number of ether oxygens (including phenoxy) is 2. The van der Waals surface area contributed by atoms with Crippen LogP contribution in [0.1, 0.15) is 12.5 Å². The van der Waals surface area contributed by atoms with Gasteiger partial charge in [0.2, 0.25) is 0 Å². The average Bonchev–Trinajstić information content (AvgIpc) is 2.56. The quantitative estimate of drug-likeness (QED) is 0.621. The molecule has 0 aliphatic carbocycles. The van der Waals surface area contributed by atoms with Crippen molar-refractivity contribution >= 4 is 17.3 Å². The van der Waals surface area contributed by atoms with Crippen molar-refractivity contribution in [2.75, 3.05) is 18.5 Å². The fourth-order valence-electron chi connectivity index (χ4n) is 2.07. The van der Waals surface area contributed by atoms with E-state index < -0.39 is 10.8 Å². The predicted molar refractivity (Wildman–Crippen MR) is 89.6 cm³/mol. The number of nitrogens with zero attached hydrogens (tertiary/aromatic N) is 1. The molecule has 0 fully saturated rings. The summed E-state index contributed by atoms with van der Waals surface area (Å²) in [5, 5.41) is 13.6. The number of carbonyl (C=O) groups is 1. The molecule has 2 rings (SSSR count). The summed E-state index contributed by atoms with van der Waals surface area (Å²) in [6, 6.07) is 11.6. The Kier molecular flexibility index (Phi) is 5.73. The van der Waals surface area contributed by atoms with Gasteiger partial charge < -0.3 is 14.8 Å². The highest BCUT2D eigenvalue weighted by Crippen LogP contribution is 2.27. The maximum atomic E-state index is 12.0. The second kappa shape index (κ2) is 7.96. The smallest absolute Gasteiger partial charge is 0.293 e. The molecule has 126 valence electrons. The molecule has 7 heteroatoms. The van der Waals surface area contributed by atoms with Gasteiger partial charge >= 0.3 is 0 Å². The summed E-state index contributed by atoms with van der Waals surface area (Å²) in [5.74, 6) is 0.482. The first-order valence-electron chi connectivity index (χ1n) is 7.40. The average molecular weight is 330 g/mol. The third-order valence-corrected chi connectivity index (χ3v) is 3.13. The zero-order valence-electron chi connectivity index (χ0n) is 13.4. The lowest BCUT2D eigenvalue weighted by Gasteiger charge is -2.11. The Balaban J connectivity index is 2.03. The summed E-state index contributed by atoms with van der Waals surface area (Å²) in [7, 11) is 0. The number of para-hydroxylation sites is 2. The monoisotopic (exact) mass is 330 g/mol. The van der Waals surface area contributed by atoms with Gasteiger partial charge in [0.25, 0.3) is 11.6 Å². The third kappa shape index (κ3) is 4.45. The van der Waals surface area contributed by atoms with Crippen molar-refractivity contribution in [3.05, 3.63) is 58.1 Å². The zero-order chi connectivity index (χ0) is 17.5. The van der Waals surface area contributed by atoms with E-state index in [2.05, 4.69) is 5.32 Å². The minimum atomic E-state index is -0.534. The number of rotatable bonds is 7. The van der Waals surface area contributed by atoms with E-state index in [-0.39, 0.29) is 18.0 Å². The highest BCUT2D eigenvalue weighted by molar-refractivity contribution is 5.94. The number of nitro benzene ring substituents is 1. The Morgan fingerprint density at radius 2 is 1.83 bits per heavy atom. The molecule has 0 atom stereocenters. The third-order valence-electron chi connectivity index (χ3n) is 3.13. The molecule has 0 saturated carbocycles. The number of hydrogen-bond donors (Lipinski definition) is 1. The molecular weight excluding hydrogens is 312 g/mol. The van der Waals surface area contributed by atoms with E-state index in [1.165, 1.54) is 12.1 Å². The SMILES string of the molecule is CCOc1ccccc1OCC(=O)Nc1ccc(C)cc1[N+](=O)[O-]. The van der Waals surface area contributed by atoms with E-state index in [9.17, 15) is 14.9 Å². The van der Waals surface area contributed by atoms with Gasteiger partial charge in [-0.25, -0.2) is 0 Å². The highest BCUT2D eigenvalue weighted by Gasteiger charge is 2.16. The molecule has 0 unspecified atom stereocenters. The van der Waals surface area contributed by atoms with Gasteiger partial charge in [0.05, 0.1) is 11.5 Å². The van der Waals surface area contributed by atoms with Gasteiger partial charge in [-0.3, -0.25) is 14.9 Å². The second-order valence-corrected chi connectivity index (χ2v) is 4.99. The number of hydrogen-bond acceptors (Lipinski definition) is 5. The lowest BCUT2D eigenvalue weighted by Crippen LogP contribution is -2.21. The van der Waals surface area contributed by atoms with Crippen LogP contribution in [0.3, 0.4) is 0 Å². The van der Waals surface area contributed by atoms with E-state index in [1.54, 1.807) is 37.3 Å². The summed E-state index contributed by atoms with van der Waals surface area (Å²) >= 11 is 0. The van der Waals surface area contributed by atoms with E-state index in [0.29, 0.717) is 18.1 Å². The van der Waals surface area contributed by atoms with Crippen LogP contribution < -0.4 is 14.8 Å².